The van der Waals surface area contributed by atoms with Crippen LogP contribution in [0, 0.1) is 13.8 Å². The molecule has 0 spiro atoms. The van der Waals surface area contributed by atoms with E-state index < -0.39 is 10.8 Å². The van der Waals surface area contributed by atoms with Gasteiger partial charge in [0.05, 0.1) is 30.0 Å². The second-order valence-corrected chi connectivity index (χ2v) is 8.34. The number of rotatable bonds is 4. The number of nitrogens with zero attached hydrogens (tertiary/aromatic N) is 2. The van der Waals surface area contributed by atoms with Gasteiger partial charge in [0.2, 0.25) is 0 Å². The summed E-state index contributed by atoms with van der Waals surface area (Å²) in [5.41, 5.74) is 5.26. The largest absolute Gasteiger partial charge is 0.497 e. The van der Waals surface area contributed by atoms with Gasteiger partial charge < -0.3 is 10.1 Å². The first kappa shape index (κ1) is 18.4. The number of benzene rings is 2. The summed E-state index contributed by atoms with van der Waals surface area (Å²) in [6, 6.07) is 13.0. The zero-order valence-corrected chi connectivity index (χ0v) is 16.8. The van der Waals surface area contributed by atoms with Crippen LogP contribution in [-0.4, -0.2) is 27.0 Å². The van der Waals surface area contributed by atoms with E-state index in [9.17, 15) is 9.00 Å². The minimum absolute atomic E-state index is 0.242. The zero-order chi connectivity index (χ0) is 19.8. The van der Waals surface area contributed by atoms with Crippen molar-refractivity contribution in [2.45, 2.75) is 25.4 Å². The monoisotopic (exact) mass is 395 g/mol. The van der Waals surface area contributed by atoms with Crippen molar-refractivity contribution >= 4 is 22.5 Å². The van der Waals surface area contributed by atoms with Gasteiger partial charge in [-0.25, -0.2) is 4.68 Å². The minimum atomic E-state index is -0.980. The Morgan fingerprint density at radius 2 is 1.89 bits per heavy atom. The van der Waals surface area contributed by atoms with E-state index in [0.29, 0.717) is 28.6 Å². The smallest absolute Gasteiger partial charge is 0.256 e. The van der Waals surface area contributed by atoms with Gasteiger partial charge in [-0.05, 0) is 49.7 Å². The van der Waals surface area contributed by atoms with Crippen molar-refractivity contribution in [3.05, 3.63) is 70.4 Å². The van der Waals surface area contributed by atoms with Crippen LogP contribution in [0.25, 0.3) is 5.69 Å². The second-order valence-electron chi connectivity index (χ2n) is 6.89. The zero-order valence-electron chi connectivity index (χ0n) is 16.0. The van der Waals surface area contributed by atoms with E-state index in [0.717, 1.165) is 28.1 Å². The molecule has 1 amide bonds. The summed E-state index contributed by atoms with van der Waals surface area (Å²) in [6.07, 6.45) is 0. The number of aryl methyl sites for hydroxylation is 2. The number of fused-ring (bicyclic) bond motifs is 1. The van der Waals surface area contributed by atoms with Gasteiger partial charge in [-0.1, -0.05) is 17.7 Å². The lowest BCUT2D eigenvalue weighted by molar-refractivity contribution is 0.102. The van der Waals surface area contributed by atoms with Gasteiger partial charge in [0.15, 0.2) is 0 Å². The second kappa shape index (κ2) is 7.24. The van der Waals surface area contributed by atoms with Crippen molar-refractivity contribution in [3.63, 3.8) is 0 Å². The minimum Gasteiger partial charge on any atom is -0.497 e. The van der Waals surface area contributed by atoms with Crippen LogP contribution in [-0.2, 0) is 22.3 Å². The molecule has 144 valence electrons. The molecule has 4 rings (SSSR count). The Balaban J connectivity index is 1.74. The number of methoxy groups -OCH3 is 1. The average molecular weight is 395 g/mol. The van der Waals surface area contributed by atoms with Gasteiger partial charge in [0.1, 0.15) is 11.6 Å². The SMILES string of the molecule is COc1ccc(C(=O)Nc2c3c(nn2-c2ccc(C)cc2C)C[S@@](=O)C3)cc1. The first-order valence-electron chi connectivity index (χ1n) is 8.95. The third kappa shape index (κ3) is 3.33. The highest BCUT2D eigenvalue weighted by molar-refractivity contribution is 7.83. The third-order valence-corrected chi connectivity index (χ3v) is 6.04. The van der Waals surface area contributed by atoms with Crippen molar-refractivity contribution in [2.75, 3.05) is 12.4 Å². The number of amides is 1. The molecule has 7 heteroatoms. The number of hydrogen-bond donors (Lipinski definition) is 1. The van der Waals surface area contributed by atoms with Crippen LogP contribution < -0.4 is 10.1 Å². The fraction of sp³-hybridized carbons (Fsp3) is 0.238. The van der Waals surface area contributed by atoms with Crippen molar-refractivity contribution < 1.29 is 13.7 Å². The topological polar surface area (TPSA) is 73.2 Å². The van der Waals surface area contributed by atoms with Crippen LogP contribution in [0.2, 0.25) is 0 Å². The molecule has 0 saturated carbocycles. The van der Waals surface area contributed by atoms with E-state index in [2.05, 4.69) is 16.5 Å². The fourth-order valence-corrected chi connectivity index (χ4v) is 4.66. The molecule has 1 aromatic heterocycles. The number of nitrogens with one attached hydrogen (secondary N) is 1. The Kier molecular flexibility index (Phi) is 4.77. The summed E-state index contributed by atoms with van der Waals surface area (Å²) in [4.78, 5) is 12.8. The molecular formula is C21H21N3O3S. The lowest BCUT2D eigenvalue weighted by Gasteiger charge is -2.13. The molecular weight excluding hydrogens is 374 g/mol. The maximum Gasteiger partial charge on any atom is 0.256 e. The molecule has 0 bridgehead atoms. The maximum atomic E-state index is 12.8. The van der Waals surface area contributed by atoms with Gasteiger partial charge in [0, 0.05) is 21.9 Å². The highest BCUT2D eigenvalue weighted by atomic mass is 32.2. The quantitative estimate of drug-likeness (QED) is 0.734. The number of hydrogen-bond acceptors (Lipinski definition) is 4. The Bertz CT molecular complexity index is 1090. The summed E-state index contributed by atoms with van der Waals surface area (Å²) >= 11 is 0. The number of carbonyl (C=O) groups is 1. The molecule has 2 aromatic carbocycles. The van der Waals surface area contributed by atoms with Crippen molar-refractivity contribution in [1.29, 1.82) is 0 Å². The lowest BCUT2D eigenvalue weighted by atomic mass is 10.1. The van der Waals surface area contributed by atoms with Crippen molar-refractivity contribution in [3.8, 4) is 11.4 Å². The first-order chi connectivity index (χ1) is 13.5. The van der Waals surface area contributed by atoms with Gasteiger partial charge in [-0.3, -0.25) is 9.00 Å². The van der Waals surface area contributed by atoms with E-state index in [1.165, 1.54) is 0 Å². The molecule has 1 aliphatic heterocycles. The molecule has 3 aromatic rings. The molecule has 28 heavy (non-hydrogen) atoms. The third-order valence-electron chi connectivity index (χ3n) is 4.83. The Morgan fingerprint density at radius 1 is 1.14 bits per heavy atom. The van der Waals surface area contributed by atoms with E-state index in [4.69, 9.17) is 4.74 Å². The van der Waals surface area contributed by atoms with Crippen molar-refractivity contribution in [2.24, 2.45) is 0 Å². The van der Waals surface area contributed by atoms with Gasteiger partial charge >= 0.3 is 0 Å². The Morgan fingerprint density at radius 3 is 2.57 bits per heavy atom. The highest BCUT2D eigenvalue weighted by Crippen LogP contribution is 2.32. The van der Waals surface area contributed by atoms with Gasteiger partial charge in [-0.2, -0.15) is 5.10 Å². The number of carbonyl (C=O) groups excluding carboxylic acids is 1. The molecule has 6 nitrogen and oxygen atoms in total. The summed E-state index contributed by atoms with van der Waals surface area (Å²) in [7, 11) is 0.605. The van der Waals surface area contributed by atoms with Gasteiger partial charge in [0.25, 0.3) is 5.91 Å². The summed E-state index contributed by atoms with van der Waals surface area (Å²) in [6.45, 7) is 4.05. The van der Waals surface area contributed by atoms with E-state index in [-0.39, 0.29) is 5.91 Å². The lowest BCUT2D eigenvalue weighted by Crippen LogP contribution is -2.17. The molecule has 0 unspecified atom stereocenters. The van der Waals surface area contributed by atoms with Crippen LogP contribution in [0.15, 0.2) is 42.5 Å². The molecule has 0 fully saturated rings. The molecule has 1 atom stereocenters. The van der Waals surface area contributed by atoms with Crippen LogP contribution >= 0.6 is 0 Å². The fourth-order valence-electron chi connectivity index (χ4n) is 3.40. The van der Waals surface area contributed by atoms with Crippen LogP contribution in [0.5, 0.6) is 5.75 Å². The van der Waals surface area contributed by atoms with Crippen LogP contribution in [0.4, 0.5) is 5.82 Å². The van der Waals surface area contributed by atoms with Gasteiger partial charge in [-0.15, -0.1) is 0 Å². The van der Waals surface area contributed by atoms with E-state index >= 15 is 0 Å². The summed E-state index contributed by atoms with van der Waals surface area (Å²) < 4.78 is 18.9. The van der Waals surface area contributed by atoms with E-state index in [1.807, 2.05) is 26.0 Å². The summed E-state index contributed by atoms with van der Waals surface area (Å²) in [5, 5.41) is 7.66. The number of aromatic nitrogens is 2. The first-order valence-corrected chi connectivity index (χ1v) is 10.4. The Hall–Kier alpha value is -2.93. The molecule has 1 N–H and O–H groups in total. The van der Waals surface area contributed by atoms with E-state index in [1.54, 1.807) is 36.1 Å². The van der Waals surface area contributed by atoms with Crippen LogP contribution in [0.3, 0.4) is 0 Å². The molecule has 2 heterocycles. The molecule has 1 aliphatic rings. The predicted molar refractivity (Wildman–Crippen MR) is 110 cm³/mol. The maximum absolute atomic E-state index is 12.8. The average Bonchev–Trinajstić information content (AvgIpc) is 3.19. The molecule has 0 radical (unpaired) electrons. The molecule has 0 saturated heterocycles. The standard InChI is InChI=1S/C21H21N3O3S/c1-13-4-9-19(14(2)10-13)24-20(17-11-28(26)12-18(17)23-24)22-21(25)15-5-7-16(27-3)8-6-15/h4-10H,11-12H2,1-3H3,(H,22,25)/t28-/m0/s1. The summed E-state index contributed by atoms with van der Waals surface area (Å²) in [5.74, 6) is 1.85. The van der Waals surface area contributed by atoms with Crippen molar-refractivity contribution in [1.82, 2.24) is 9.78 Å². The highest BCUT2D eigenvalue weighted by Gasteiger charge is 2.28. The molecule has 0 aliphatic carbocycles. The van der Waals surface area contributed by atoms with Crippen LogP contribution in [0.1, 0.15) is 32.7 Å². The normalized spacial score (nSPS) is 15.3. The number of ether oxygens (including phenoxy) is 1. The Labute approximate surface area is 166 Å². The number of anilines is 1. The predicted octanol–water partition coefficient (Wildman–Crippen LogP) is 3.51.